The molecule has 100 valence electrons. The predicted octanol–water partition coefficient (Wildman–Crippen LogP) is 3.23. The highest BCUT2D eigenvalue weighted by Crippen LogP contribution is 2.14. The van der Waals surface area contributed by atoms with E-state index in [1.54, 1.807) is 18.2 Å². The van der Waals surface area contributed by atoms with Crippen molar-refractivity contribution < 1.29 is 4.39 Å². The highest BCUT2D eigenvalue weighted by molar-refractivity contribution is 5.54. The number of hydrogen-bond donors (Lipinski definition) is 0. The lowest BCUT2D eigenvalue weighted by atomic mass is 10.2. The van der Waals surface area contributed by atoms with Crippen molar-refractivity contribution in [2.75, 3.05) is 0 Å². The number of aromatic nitrogens is 3. The van der Waals surface area contributed by atoms with E-state index in [0.717, 1.165) is 5.56 Å². The van der Waals surface area contributed by atoms with Gasteiger partial charge in [0.15, 0.2) is 5.82 Å². The number of benzene rings is 2. The van der Waals surface area contributed by atoms with Gasteiger partial charge in [-0.05, 0) is 12.1 Å². The van der Waals surface area contributed by atoms with Crippen molar-refractivity contribution in [2.45, 2.75) is 0 Å². The van der Waals surface area contributed by atoms with Crippen LogP contribution in [0.3, 0.4) is 0 Å². The fraction of sp³-hybridized carbons (Fsp3) is 0. The fourth-order valence-electron chi connectivity index (χ4n) is 1.53. The van der Waals surface area contributed by atoms with E-state index in [-0.39, 0.29) is 5.82 Å². The fourth-order valence-corrected chi connectivity index (χ4v) is 1.53. The van der Waals surface area contributed by atoms with Gasteiger partial charge in [-0.15, -0.1) is 10.2 Å². The lowest BCUT2D eigenvalue weighted by Crippen LogP contribution is -1.89. The molecule has 0 bridgehead atoms. The van der Waals surface area contributed by atoms with Crippen LogP contribution in [0, 0.1) is 5.82 Å². The van der Waals surface area contributed by atoms with Gasteiger partial charge in [0.1, 0.15) is 12.1 Å². The second-order valence-corrected chi connectivity index (χ2v) is 3.80. The first-order valence-corrected chi connectivity index (χ1v) is 5.94. The summed E-state index contributed by atoms with van der Waals surface area (Å²) in [6.07, 6.45) is 1.52. The lowest BCUT2D eigenvalue weighted by Gasteiger charge is -1.97. The Labute approximate surface area is 116 Å². The Hall–Kier alpha value is -2.82. The molecule has 0 saturated heterocycles. The van der Waals surface area contributed by atoms with Gasteiger partial charge in [0, 0.05) is 12.3 Å². The molecule has 0 amide bonds. The van der Waals surface area contributed by atoms with Gasteiger partial charge in [0.05, 0.1) is 0 Å². The summed E-state index contributed by atoms with van der Waals surface area (Å²) in [6.45, 7) is 3.42. The largest absolute Gasteiger partial charge is 0.207 e. The van der Waals surface area contributed by atoms with E-state index in [1.165, 1.54) is 23.1 Å². The number of rotatable bonds is 2. The second kappa shape index (κ2) is 6.94. The minimum absolute atomic E-state index is 0.178. The van der Waals surface area contributed by atoms with Crippen LogP contribution in [0.4, 0.5) is 4.39 Å². The first-order chi connectivity index (χ1) is 9.81. The Morgan fingerprint density at radius 3 is 2.05 bits per heavy atom. The smallest absolute Gasteiger partial charge is 0.184 e. The predicted molar refractivity (Wildman–Crippen MR) is 76.8 cm³/mol. The Morgan fingerprint density at radius 1 is 0.950 bits per heavy atom. The molecule has 0 fully saturated rings. The van der Waals surface area contributed by atoms with Gasteiger partial charge >= 0.3 is 0 Å². The van der Waals surface area contributed by atoms with Gasteiger partial charge in [-0.25, -0.2) is 9.07 Å². The van der Waals surface area contributed by atoms with Crippen LogP contribution in [0.5, 0.6) is 0 Å². The van der Waals surface area contributed by atoms with E-state index >= 15 is 0 Å². The van der Waals surface area contributed by atoms with Crippen LogP contribution < -0.4 is 0 Å². The molecule has 3 rings (SSSR count). The molecule has 0 spiro atoms. The molecule has 0 aliphatic heterocycles. The number of nitrogens with zero attached hydrogens (tertiary/aromatic N) is 4. The van der Waals surface area contributed by atoms with E-state index in [2.05, 4.69) is 22.0 Å². The van der Waals surface area contributed by atoms with Crippen molar-refractivity contribution in [3.05, 3.63) is 72.8 Å². The summed E-state index contributed by atoms with van der Waals surface area (Å²) in [6, 6.07) is 17.7. The molecule has 20 heavy (non-hydrogen) atoms. The normalized spacial score (nSPS) is 9.45. The maximum atomic E-state index is 11.9. The summed E-state index contributed by atoms with van der Waals surface area (Å²) >= 11 is 0. The average Bonchev–Trinajstić information content (AvgIpc) is 2.98. The third-order valence-corrected chi connectivity index (χ3v) is 2.45. The van der Waals surface area contributed by atoms with Gasteiger partial charge in [0.2, 0.25) is 0 Å². The monoisotopic (exact) mass is 268 g/mol. The van der Waals surface area contributed by atoms with Crippen LogP contribution in [0.2, 0.25) is 0 Å². The van der Waals surface area contributed by atoms with E-state index in [4.69, 9.17) is 0 Å². The maximum absolute atomic E-state index is 11.9. The van der Waals surface area contributed by atoms with Crippen molar-refractivity contribution in [1.82, 2.24) is 14.9 Å². The summed E-state index contributed by atoms with van der Waals surface area (Å²) < 4.78 is 13.4. The molecule has 4 nitrogen and oxygen atoms in total. The minimum Gasteiger partial charge on any atom is -0.207 e. The highest BCUT2D eigenvalue weighted by Gasteiger charge is 2.03. The SMILES string of the molecule is C=Nn1cnnc1-c1ccccc1.Fc1ccccc1. The zero-order valence-corrected chi connectivity index (χ0v) is 10.7. The second-order valence-electron chi connectivity index (χ2n) is 3.80. The van der Waals surface area contributed by atoms with Crippen molar-refractivity contribution >= 4 is 6.72 Å². The van der Waals surface area contributed by atoms with E-state index in [9.17, 15) is 4.39 Å². The van der Waals surface area contributed by atoms with Crippen molar-refractivity contribution in [3.8, 4) is 11.4 Å². The van der Waals surface area contributed by atoms with Gasteiger partial charge in [-0.1, -0.05) is 48.5 Å². The standard InChI is InChI=1S/C9H8N4.C6H5F/c1-10-13-7-11-12-9(13)8-5-3-2-4-6-8;7-6-4-2-1-3-5-6/h2-7H,1H2;1-5H. The third-order valence-electron chi connectivity index (χ3n) is 2.45. The van der Waals surface area contributed by atoms with Crippen LogP contribution in [-0.4, -0.2) is 21.6 Å². The summed E-state index contributed by atoms with van der Waals surface area (Å²) in [5.74, 6) is 0.526. The van der Waals surface area contributed by atoms with Gasteiger partial charge in [-0.2, -0.15) is 5.10 Å². The summed E-state index contributed by atoms with van der Waals surface area (Å²) in [7, 11) is 0. The molecule has 2 aromatic carbocycles. The van der Waals surface area contributed by atoms with E-state index in [0.29, 0.717) is 5.82 Å². The molecule has 1 heterocycles. The molecule has 3 aromatic rings. The van der Waals surface area contributed by atoms with Gasteiger partial charge < -0.3 is 0 Å². The van der Waals surface area contributed by atoms with E-state index in [1.807, 2.05) is 30.3 Å². The van der Waals surface area contributed by atoms with Crippen LogP contribution in [0.25, 0.3) is 11.4 Å². The van der Waals surface area contributed by atoms with Crippen molar-refractivity contribution in [2.24, 2.45) is 5.10 Å². The molecule has 0 aliphatic carbocycles. The maximum Gasteiger partial charge on any atom is 0.184 e. The van der Waals surface area contributed by atoms with Crippen molar-refractivity contribution in [3.63, 3.8) is 0 Å². The first-order valence-electron chi connectivity index (χ1n) is 5.94. The van der Waals surface area contributed by atoms with Crippen molar-refractivity contribution in [1.29, 1.82) is 0 Å². The first kappa shape index (κ1) is 13.6. The molecule has 5 heteroatoms. The lowest BCUT2D eigenvalue weighted by molar-refractivity contribution is 0.628. The molecule has 0 atom stereocenters. The van der Waals surface area contributed by atoms with Gasteiger partial charge in [-0.3, -0.25) is 0 Å². The summed E-state index contributed by atoms with van der Waals surface area (Å²) in [5, 5.41) is 11.4. The Balaban J connectivity index is 0.000000178. The summed E-state index contributed by atoms with van der Waals surface area (Å²) in [5.41, 5.74) is 0.979. The van der Waals surface area contributed by atoms with Crippen LogP contribution in [-0.2, 0) is 0 Å². The zero-order valence-electron chi connectivity index (χ0n) is 10.7. The third kappa shape index (κ3) is 3.58. The van der Waals surface area contributed by atoms with Crippen LogP contribution >= 0.6 is 0 Å². The molecule has 0 aliphatic rings. The molecular weight excluding hydrogens is 255 g/mol. The van der Waals surface area contributed by atoms with E-state index < -0.39 is 0 Å². The molecule has 1 aromatic heterocycles. The molecular formula is C15H13FN4. The minimum atomic E-state index is -0.178. The Kier molecular flexibility index (Phi) is 4.72. The average molecular weight is 268 g/mol. The topological polar surface area (TPSA) is 43.1 Å². The molecule has 0 radical (unpaired) electrons. The molecule has 0 saturated carbocycles. The number of halogens is 1. The highest BCUT2D eigenvalue weighted by atomic mass is 19.1. The number of hydrogen-bond acceptors (Lipinski definition) is 3. The van der Waals surface area contributed by atoms with Crippen LogP contribution in [0.15, 0.2) is 72.1 Å². The Morgan fingerprint density at radius 2 is 1.55 bits per heavy atom. The molecule has 0 N–H and O–H groups in total. The molecule has 0 unspecified atom stereocenters. The van der Waals surface area contributed by atoms with Gasteiger partial charge in [0.25, 0.3) is 0 Å². The zero-order chi connectivity index (χ0) is 14.2. The quantitative estimate of drug-likeness (QED) is 0.670. The summed E-state index contributed by atoms with van der Waals surface area (Å²) in [4.78, 5) is 0. The Bertz CT molecular complexity index is 650. The van der Waals surface area contributed by atoms with Crippen LogP contribution in [0.1, 0.15) is 0 Å².